The van der Waals surface area contributed by atoms with Crippen molar-refractivity contribution < 1.29 is 19.1 Å². The van der Waals surface area contributed by atoms with Gasteiger partial charge < -0.3 is 15.4 Å². The van der Waals surface area contributed by atoms with Gasteiger partial charge in [0.25, 0.3) is 5.91 Å². The molecule has 0 bridgehead atoms. The molecule has 0 atom stereocenters. The first kappa shape index (κ1) is 26.3. The fraction of sp³-hybridized carbons (Fsp3) is 0.222. The van der Waals surface area contributed by atoms with Crippen LogP contribution < -0.4 is 10.6 Å². The van der Waals surface area contributed by atoms with Crippen molar-refractivity contribution >= 4 is 52.5 Å². The topological polar surface area (TPSA) is 84.5 Å². The number of halogens is 1. The van der Waals surface area contributed by atoms with E-state index in [-0.39, 0.29) is 25.4 Å². The number of benzene rings is 3. The second-order valence-corrected chi connectivity index (χ2v) is 9.52. The molecule has 0 radical (unpaired) electrons. The molecule has 0 fully saturated rings. The van der Waals surface area contributed by atoms with Gasteiger partial charge in [0.2, 0.25) is 5.91 Å². The molecule has 35 heavy (non-hydrogen) atoms. The van der Waals surface area contributed by atoms with Crippen LogP contribution >= 0.6 is 23.4 Å². The van der Waals surface area contributed by atoms with Crippen LogP contribution in [0.3, 0.4) is 0 Å². The van der Waals surface area contributed by atoms with E-state index < -0.39 is 11.9 Å². The molecule has 2 N–H and O–H groups in total. The van der Waals surface area contributed by atoms with Crippen LogP contribution in [-0.2, 0) is 19.1 Å². The van der Waals surface area contributed by atoms with Crippen molar-refractivity contribution in [1.82, 2.24) is 0 Å². The molecule has 3 rings (SSSR count). The average Bonchev–Trinajstić information content (AvgIpc) is 2.83. The van der Waals surface area contributed by atoms with Crippen molar-refractivity contribution in [3.63, 3.8) is 0 Å². The van der Waals surface area contributed by atoms with E-state index in [1.54, 1.807) is 17.8 Å². The lowest BCUT2D eigenvalue weighted by Crippen LogP contribution is -2.21. The third kappa shape index (κ3) is 8.77. The summed E-state index contributed by atoms with van der Waals surface area (Å²) in [4.78, 5) is 38.3. The molecule has 0 saturated heterocycles. The van der Waals surface area contributed by atoms with Crippen LogP contribution in [0, 0.1) is 13.8 Å². The molecule has 0 aromatic heterocycles. The Hall–Kier alpha value is -3.29. The highest BCUT2D eigenvalue weighted by atomic mass is 35.5. The van der Waals surface area contributed by atoms with E-state index in [1.807, 2.05) is 74.5 Å². The molecule has 0 aliphatic heterocycles. The summed E-state index contributed by atoms with van der Waals surface area (Å²) in [5, 5.41) is 6.25. The largest absolute Gasteiger partial charge is 0.456 e. The number of anilines is 2. The fourth-order valence-electron chi connectivity index (χ4n) is 3.15. The summed E-state index contributed by atoms with van der Waals surface area (Å²) in [6, 6.07) is 20.7. The number of hydrogen-bond donors (Lipinski definition) is 2. The molecule has 0 saturated carbocycles. The third-order valence-electron chi connectivity index (χ3n) is 5.22. The molecule has 3 aromatic carbocycles. The minimum absolute atomic E-state index is 0.0564. The van der Waals surface area contributed by atoms with Crippen LogP contribution in [0.5, 0.6) is 0 Å². The number of ether oxygens (including phenoxy) is 1. The van der Waals surface area contributed by atoms with Gasteiger partial charge >= 0.3 is 5.97 Å². The van der Waals surface area contributed by atoms with Gasteiger partial charge in [-0.05, 0) is 86.0 Å². The highest BCUT2D eigenvalue weighted by Gasteiger charge is 2.11. The summed E-state index contributed by atoms with van der Waals surface area (Å²) < 4.78 is 5.02. The van der Waals surface area contributed by atoms with E-state index in [4.69, 9.17) is 16.3 Å². The first-order valence-electron chi connectivity index (χ1n) is 11.1. The molecule has 3 aromatic rings. The van der Waals surface area contributed by atoms with Gasteiger partial charge in [-0.1, -0.05) is 35.5 Å². The number of rotatable bonds is 10. The predicted molar refractivity (Wildman–Crippen MR) is 140 cm³/mol. The molecule has 0 unspecified atom stereocenters. The quantitative estimate of drug-likeness (QED) is 0.308. The number of hydrogen-bond acceptors (Lipinski definition) is 5. The maximum absolute atomic E-state index is 12.2. The first-order valence-corrected chi connectivity index (χ1v) is 12.3. The Bertz CT molecular complexity index is 1180. The summed E-state index contributed by atoms with van der Waals surface area (Å²) in [7, 11) is 0. The Morgan fingerprint density at radius 2 is 1.49 bits per heavy atom. The van der Waals surface area contributed by atoms with E-state index in [1.165, 1.54) is 0 Å². The second kappa shape index (κ2) is 13.0. The number of nitrogens with one attached hydrogen (secondary N) is 2. The first-order chi connectivity index (χ1) is 16.8. The molecule has 0 aliphatic carbocycles. The van der Waals surface area contributed by atoms with Gasteiger partial charge in [0, 0.05) is 39.0 Å². The highest BCUT2D eigenvalue weighted by molar-refractivity contribution is 7.99. The summed E-state index contributed by atoms with van der Waals surface area (Å²) in [6.07, 6.45) is 0.555. The monoisotopic (exact) mass is 510 g/mol. The minimum atomic E-state index is -0.516. The molecule has 0 heterocycles. The van der Waals surface area contributed by atoms with Crippen LogP contribution in [0.4, 0.5) is 11.4 Å². The summed E-state index contributed by atoms with van der Waals surface area (Å²) in [5.74, 6) is -1.11. The van der Waals surface area contributed by atoms with Gasteiger partial charge in [0.15, 0.2) is 6.61 Å². The number of carbonyl (C=O) groups excluding carboxylic acids is 3. The van der Waals surface area contributed by atoms with Gasteiger partial charge in [-0.2, -0.15) is 0 Å². The standard InChI is InChI=1S/C27H27ClN2O4S/c1-18-5-3-6-24(19(18)2)30-26(32)17-34-27(33)8-4-7-25(31)29-21-11-15-23(16-12-21)35-22-13-9-20(28)10-14-22/h3,5-6,9-16H,4,7-8,17H2,1-2H3,(H,29,31)(H,30,32). The van der Waals surface area contributed by atoms with Crippen LogP contribution in [0.1, 0.15) is 30.4 Å². The van der Waals surface area contributed by atoms with Crippen molar-refractivity contribution in [2.45, 2.75) is 42.9 Å². The Kier molecular flexibility index (Phi) is 9.76. The lowest BCUT2D eigenvalue weighted by atomic mass is 10.1. The molecular weight excluding hydrogens is 484 g/mol. The third-order valence-corrected chi connectivity index (χ3v) is 6.48. The lowest BCUT2D eigenvalue weighted by molar-refractivity contribution is -0.147. The van der Waals surface area contributed by atoms with Crippen LogP contribution in [0.25, 0.3) is 0 Å². The summed E-state index contributed by atoms with van der Waals surface area (Å²) in [6.45, 7) is 3.51. The molecule has 8 heteroatoms. The SMILES string of the molecule is Cc1cccc(NC(=O)COC(=O)CCCC(=O)Nc2ccc(Sc3ccc(Cl)cc3)cc2)c1C. The number of aryl methyl sites for hydroxylation is 1. The molecule has 2 amide bonds. The number of amides is 2. The summed E-state index contributed by atoms with van der Waals surface area (Å²) >= 11 is 7.51. The van der Waals surface area contributed by atoms with Crippen LogP contribution in [0.15, 0.2) is 76.5 Å². The van der Waals surface area contributed by atoms with Crippen molar-refractivity contribution in [1.29, 1.82) is 0 Å². The molecule has 0 aliphatic rings. The van der Waals surface area contributed by atoms with E-state index in [0.717, 1.165) is 20.9 Å². The number of carbonyl (C=O) groups is 3. The maximum atomic E-state index is 12.2. The maximum Gasteiger partial charge on any atom is 0.306 e. The Labute approximate surface area is 214 Å². The highest BCUT2D eigenvalue weighted by Crippen LogP contribution is 2.29. The predicted octanol–water partition coefficient (Wildman–Crippen LogP) is 6.40. The molecule has 182 valence electrons. The van der Waals surface area contributed by atoms with Gasteiger partial charge in [0.05, 0.1) is 0 Å². The zero-order valence-electron chi connectivity index (χ0n) is 19.6. The average molecular weight is 511 g/mol. The Morgan fingerprint density at radius 3 is 2.17 bits per heavy atom. The van der Waals surface area contributed by atoms with Crippen molar-refractivity contribution in [3.8, 4) is 0 Å². The van der Waals surface area contributed by atoms with Gasteiger partial charge in [-0.25, -0.2) is 0 Å². The van der Waals surface area contributed by atoms with Gasteiger partial charge in [-0.15, -0.1) is 0 Å². The molecule has 6 nitrogen and oxygen atoms in total. The minimum Gasteiger partial charge on any atom is -0.456 e. The Morgan fingerprint density at radius 1 is 0.829 bits per heavy atom. The molecular formula is C27H27ClN2O4S. The normalized spacial score (nSPS) is 10.5. The zero-order valence-corrected chi connectivity index (χ0v) is 21.2. The molecule has 0 spiro atoms. The summed E-state index contributed by atoms with van der Waals surface area (Å²) in [5.41, 5.74) is 3.40. The van der Waals surface area contributed by atoms with Crippen molar-refractivity contribution in [3.05, 3.63) is 82.9 Å². The number of esters is 1. The fourth-order valence-corrected chi connectivity index (χ4v) is 4.10. The van der Waals surface area contributed by atoms with Crippen LogP contribution in [-0.4, -0.2) is 24.4 Å². The van der Waals surface area contributed by atoms with E-state index >= 15 is 0 Å². The smallest absolute Gasteiger partial charge is 0.306 e. The van der Waals surface area contributed by atoms with Crippen molar-refractivity contribution in [2.75, 3.05) is 17.2 Å². The van der Waals surface area contributed by atoms with E-state index in [2.05, 4.69) is 10.6 Å². The van der Waals surface area contributed by atoms with Gasteiger partial charge in [0.1, 0.15) is 0 Å². The van der Waals surface area contributed by atoms with E-state index in [0.29, 0.717) is 22.8 Å². The Balaban J connectivity index is 1.33. The van der Waals surface area contributed by atoms with Gasteiger partial charge in [-0.3, -0.25) is 14.4 Å². The lowest BCUT2D eigenvalue weighted by Gasteiger charge is -2.10. The second-order valence-electron chi connectivity index (χ2n) is 7.94. The van der Waals surface area contributed by atoms with Crippen LogP contribution in [0.2, 0.25) is 5.02 Å². The van der Waals surface area contributed by atoms with Crippen molar-refractivity contribution in [2.24, 2.45) is 0 Å². The van der Waals surface area contributed by atoms with E-state index in [9.17, 15) is 14.4 Å². The zero-order chi connectivity index (χ0) is 25.2.